The molecule has 0 aliphatic heterocycles. The summed E-state index contributed by atoms with van der Waals surface area (Å²) in [7, 11) is -3.73. The van der Waals surface area contributed by atoms with Crippen LogP contribution in [-0.2, 0) is 33.4 Å². The number of aryl methyl sites for hydroxylation is 1. The number of carbonyl (C=O) groups excluding carboxylic acids is 1. The van der Waals surface area contributed by atoms with Crippen LogP contribution in [0.5, 0.6) is 0 Å². The van der Waals surface area contributed by atoms with Gasteiger partial charge in [0.05, 0.1) is 0 Å². The number of imidazole rings is 1. The Balaban J connectivity index is 1.68. The summed E-state index contributed by atoms with van der Waals surface area (Å²) in [6.07, 6.45) is 4.22. The van der Waals surface area contributed by atoms with Gasteiger partial charge >= 0.3 is 0 Å². The molecule has 3 rings (SSSR count). The van der Waals surface area contributed by atoms with E-state index in [1.807, 2.05) is 49.4 Å². The first-order valence-electron chi connectivity index (χ1n) is 9.54. The zero-order valence-corrected chi connectivity index (χ0v) is 17.4. The van der Waals surface area contributed by atoms with Crippen LogP contribution in [0.4, 0.5) is 5.69 Å². The maximum Gasteiger partial charge on any atom is 0.242 e. The van der Waals surface area contributed by atoms with E-state index < -0.39 is 21.0 Å². The minimum Gasteiger partial charge on any atom is -0.330 e. The minimum atomic E-state index is -3.73. The molecular weight excluding hydrogens is 386 g/mol. The molecule has 152 valence electrons. The first-order valence-corrected chi connectivity index (χ1v) is 11.3. The molecule has 0 saturated heterocycles. The summed E-state index contributed by atoms with van der Waals surface area (Å²) in [5.74, 6) is -0.424. The second-order valence-corrected chi connectivity index (χ2v) is 9.27. The monoisotopic (exact) mass is 411 g/mol. The van der Waals surface area contributed by atoms with Crippen LogP contribution in [0, 0.1) is 0 Å². The highest BCUT2D eigenvalue weighted by molar-refractivity contribution is 7.92. The molecule has 6 nitrogen and oxygen atoms in total. The van der Waals surface area contributed by atoms with E-state index in [9.17, 15) is 13.2 Å². The van der Waals surface area contributed by atoms with Gasteiger partial charge in [0.25, 0.3) is 0 Å². The molecule has 0 bridgehead atoms. The van der Waals surface area contributed by atoms with Crippen molar-refractivity contribution in [2.75, 3.05) is 5.32 Å². The van der Waals surface area contributed by atoms with Gasteiger partial charge in [-0.25, -0.2) is 13.4 Å². The van der Waals surface area contributed by atoms with E-state index in [0.29, 0.717) is 18.1 Å². The number of nitrogens with one attached hydrogen (secondary N) is 1. The Morgan fingerprint density at radius 3 is 2.41 bits per heavy atom. The number of aromatic nitrogens is 2. The maximum atomic E-state index is 12.8. The van der Waals surface area contributed by atoms with Crippen LogP contribution in [-0.4, -0.2) is 29.1 Å². The van der Waals surface area contributed by atoms with Gasteiger partial charge < -0.3 is 9.88 Å². The van der Waals surface area contributed by atoms with Crippen LogP contribution in [0.1, 0.15) is 30.8 Å². The molecule has 29 heavy (non-hydrogen) atoms. The fourth-order valence-electron chi connectivity index (χ4n) is 2.94. The van der Waals surface area contributed by atoms with Crippen LogP contribution in [0.15, 0.2) is 67.0 Å². The third-order valence-electron chi connectivity index (χ3n) is 4.87. The lowest BCUT2D eigenvalue weighted by Crippen LogP contribution is -2.34. The van der Waals surface area contributed by atoms with Crippen LogP contribution in [0.25, 0.3) is 0 Å². The summed E-state index contributed by atoms with van der Waals surface area (Å²) in [5, 5.41) is 1.50. The third-order valence-corrected chi connectivity index (χ3v) is 6.82. The van der Waals surface area contributed by atoms with Crippen LogP contribution < -0.4 is 5.32 Å². The second kappa shape index (κ2) is 9.05. The molecule has 1 amide bonds. The largest absolute Gasteiger partial charge is 0.330 e. The van der Waals surface area contributed by atoms with E-state index in [2.05, 4.69) is 10.3 Å². The Morgan fingerprint density at radius 1 is 1.07 bits per heavy atom. The molecule has 0 aliphatic rings. The fraction of sp³-hybridized carbons (Fsp3) is 0.273. The number of hydrogen-bond acceptors (Lipinski definition) is 4. The van der Waals surface area contributed by atoms with Gasteiger partial charge in [-0.05, 0) is 36.6 Å². The topological polar surface area (TPSA) is 81.1 Å². The quantitative estimate of drug-likeness (QED) is 0.616. The van der Waals surface area contributed by atoms with Gasteiger partial charge in [-0.3, -0.25) is 4.79 Å². The fourth-order valence-corrected chi connectivity index (χ4v) is 4.18. The number of hydrogen-bond donors (Lipinski definition) is 1. The number of rotatable bonds is 8. The molecule has 1 atom stereocenters. The molecule has 1 N–H and O–H groups in total. The maximum absolute atomic E-state index is 12.8. The van der Waals surface area contributed by atoms with E-state index in [0.717, 1.165) is 17.5 Å². The molecular formula is C22H25N3O3S. The van der Waals surface area contributed by atoms with Crippen molar-refractivity contribution in [3.05, 3.63) is 83.9 Å². The highest BCUT2D eigenvalue weighted by Crippen LogP contribution is 2.15. The average molecular weight is 412 g/mol. The van der Waals surface area contributed by atoms with Crippen molar-refractivity contribution < 1.29 is 13.2 Å². The van der Waals surface area contributed by atoms with Crippen LogP contribution >= 0.6 is 0 Å². The highest BCUT2D eigenvalue weighted by atomic mass is 32.2. The Bertz CT molecular complexity index is 1060. The molecule has 1 heterocycles. The molecule has 0 saturated carbocycles. The van der Waals surface area contributed by atoms with Crippen molar-refractivity contribution in [2.24, 2.45) is 0 Å². The Labute approximate surface area is 171 Å². The van der Waals surface area contributed by atoms with Crippen LogP contribution in [0.3, 0.4) is 0 Å². The Kier molecular flexibility index (Phi) is 6.49. The normalized spacial score (nSPS) is 12.5. The smallest absolute Gasteiger partial charge is 0.242 e. The second-order valence-electron chi connectivity index (χ2n) is 6.95. The number of nitrogens with zero attached hydrogens (tertiary/aromatic N) is 2. The SMILES string of the molecule is CCc1ccc(NC(=O)C(C)S(=O)(=O)Cc2nccn2Cc2ccccc2)cc1. The van der Waals surface area contributed by atoms with Gasteiger partial charge in [0, 0.05) is 24.6 Å². The van der Waals surface area contributed by atoms with E-state index in [1.54, 1.807) is 29.1 Å². The first-order chi connectivity index (χ1) is 13.9. The van der Waals surface area contributed by atoms with Crippen molar-refractivity contribution in [1.82, 2.24) is 9.55 Å². The van der Waals surface area contributed by atoms with Crippen molar-refractivity contribution in [3.8, 4) is 0 Å². The van der Waals surface area contributed by atoms with Gasteiger partial charge in [0.1, 0.15) is 16.8 Å². The van der Waals surface area contributed by atoms with Gasteiger partial charge in [0.2, 0.25) is 5.91 Å². The van der Waals surface area contributed by atoms with Crippen molar-refractivity contribution in [1.29, 1.82) is 0 Å². The molecule has 0 fully saturated rings. The average Bonchev–Trinajstić information content (AvgIpc) is 3.14. The van der Waals surface area contributed by atoms with Gasteiger partial charge in [-0.15, -0.1) is 0 Å². The molecule has 0 radical (unpaired) electrons. The number of sulfone groups is 1. The number of benzene rings is 2. The highest BCUT2D eigenvalue weighted by Gasteiger charge is 2.29. The Morgan fingerprint density at radius 2 is 1.76 bits per heavy atom. The van der Waals surface area contributed by atoms with E-state index >= 15 is 0 Å². The zero-order chi connectivity index (χ0) is 20.9. The van der Waals surface area contributed by atoms with Gasteiger partial charge in [-0.1, -0.05) is 49.4 Å². The summed E-state index contributed by atoms with van der Waals surface area (Å²) >= 11 is 0. The molecule has 3 aromatic rings. The van der Waals surface area contributed by atoms with Crippen molar-refractivity contribution in [2.45, 2.75) is 37.8 Å². The lowest BCUT2D eigenvalue weighted by atomic mass is 10.1. The standard InChI is InChI=1S/C22H25N3O3S/c1-3-18-9-11-20(12-10-18)24-22(26)17(2)29(27,28)16-21-23-13-14-25(21)15-19-7-5-4-6-8-19/h4-14,17H,3,15-16H2,1-2H3,(H,24,26). The molecule has 2 aromatic carbocycles. The summed E-state index contributed by atoms with van der Waals surface area (Å²) in [6, 6.07) is 17.1. The minimum absolute atomic E-state index is 0.295. The predicted octanol–water partition coefficient (Wildman–Crippen LogP) is 3.44. The van der Waals surface area contributed by atoms with Crippen LogP contribution in [0.2, 0.25) is 0 Å². The van der Waals surface area contributed by atoms with Gasteiger partial charge in [0.15, 0.2) is 9.84 Å². The third kappa shape index (κ3) is 5.32. The Hall–Kier alpha value is -2.93. The summed E-state index contributed by atoms with van der Waals surface area (Å²) in [6.45, 7) is 3.98. The number of anilines is 1. The molecule has 1 unspecified atom stereocenters. The predicted molar refractivity (Wildman–Crippen MR) is 114 cm³/mol. The summed E-state index contributed by atoms with van der Waals surface area (Å²) in [5.41, 5.74) is 2.78. The summed E-state index contributed by atoms with van der Waals surface area (Å²) < 4.78 is 27.4. The van der Waals surface area contributed by atoms with Gasteiger partial charge in [-0.2, -0.15) is 0 Å². The molecule has 0 spiro atoms. The molecule has 7 heteroatoms. The number of carbonyl (C=O) groups is 1. The van der Waals surface area contributed by atoms with Crippen molar-refractivity contribution in [3.63, 3.8) is 0 Å². The summed E-state index contributed by atoms with van der Waals surface area (Å²) in [4.78, 5) is 16.7. The van der Waals surface area contributed by atoms with E-state index in [-0.39, 0.29) is 5.75 Å². The number of amides is 1. The lowest BCUT2D eigenvalue weighted by Gasteiger charge is -2.14. The molecule has 1 aromatic heterocycles. The zero-order valence-electron chi connectivity index (χ0n) is 16.6. The first kappa shape index (κ1) is 20.8. The van der Waals surface area contributed by atoms with E-state index in [4.69, 9.17) is 0 Å². The lowest BCUT2D eigenvalue weighted by molar-refractivity contribution is -0.115. The van der Waals surface area contributed by atoms with Crippen molar-refractivity contribution >= 4 is 21.4 Å². The molecule has 0 aliphatic carbocycles. The van der Waals surface area contributed by atoms with E-state index in [1.165, 1.54) is 6.92 Å².